The first kappa shape index (κ1) is 40.7. The topological polar surface area (TPSA) is 68.2 Å². The van der Waals surface area contributed by atoms with Crippen molar-refractivity contribution in [3.63, 3.8) is 0 Å². The van der Waals surface area contributed by atoms with Gasteiger partial charge in [0.1, 0.15) is 25.3 Å². The Hall–Kier alpha value is -0.280. The van der Waals surface area contributed by atoms with Crippen LogP contribution in [0, 0.1) is 0 Å². The molecule has 248 valence electrons. The van der Waals surface area contributed by atoms with Crippen molar-refractivity contribution >= 4 is 0 Å². The molecular formula is C34H74N2O5+2. The van der Waals surface area contributed by atoms with Gasteiger partial charge in [0.2, 0.25) is 0 Å². The average molecular weight is 591 g/mol. The van der Waals surface area contributed by atoms with Gasteiger partial charge in [-0.05, 0) is 25.7 Å². The molecule has 0 spiro atoms. The molecule has 0 aromatic heterocycles. The first-order chi connectivity index (χ1) is 19.6. The van der Waals surface area contributed by atoms with Crippen molar-refractivity contribution in [3.05, 3.63) is 0 Å². The summed E-state index contributed by atoms with van der Waals surface area (Å²) in [6.45, 7) is 10.7. The van der Waals surface area contributed by atoms with E-state index in [4.69, 9.17) is 14.2 Å². The third-order valence-corrected chi connectivity index (χ3v) is 8.01. The summed E-state index contributed by atoms with van der Waals surface area (Å²) in [7, 11) is 8.78. The fourth-order valence-corrected chi connectivity index (χ4v) is 5.55. The van der Waals surface area contributed by atoms with Crippen molar-refractivity contribution in [1.29, 1.82) is 0 Å². The Labute approximate surface area is 256 Å². The average Bonchev–Trinajstić information content (AvgIpc) is 2.90. The zero-order valence-corrected chi connectivity index (χ0v) is 28.6. The van der Waals surface area contributed by atoms with Crippen LogP contribution in [0.1, 0.15) is 117 Å². The van der Waals surface area contributed by atoms with E-state index < -0.39 is 12.2 Å². The van der Waals surface area contributed by atoms with Crippen molar-refractivity contribution in [2.45, 2.75) is 129 Å². The van der Waals surface area contributed by atoms with Crippen LogP contribution in [0.3, 0.4) is 0 Å². The van der Waals surface area contributed by atoms with Gasteiger partial charge in [0.25, 0.3) is 0 Å². The molecule has 41 heavy (non-hydrogen) atoms. The molecule has 0 rings (SSSR count). The maximum absolute atomic E-state index is 10.4. The van der Waals surface area contributed by atoms with Gasteiger partial charge in [-0.3, -0.25) is 0 Å². The van der Waals surface area contributed by atoms with E-state index in [2.05, 4.69) is 42.0 Å². The van der Waals surface area contributed by atoms with Crippen molar-refractivity contribution in [2.24, 2.45) is 0 Å². The van der Waals surface area contributed by atoms with Crippen molar-refractivity contribution in [1.82, 2.24) is 0 Å². The molecule has 2 N–H and O–H groups in total. The number of hydrogen-bond donors (Lipinski definition) is 2. The second kappa shape index (κ2) is 27.3. The van der Waals surface area contributed by atoms with Crippen LogP contribution >= 0.6 is 0 Å². The molecule has 0 aromatic carbocycles. The third-order valence-electron chi connectivity index (χ3n) is 8.01. The quantitative estimate of drug-likeness (QED) is 0.0722. The Morgan fingerprint density at radius 2 is 0.732 bits per heavy atom. The Morgan fingerprint density at radius 1 is 0.439 bits per heavy atom. The second-order valence-corrected chi connectivity index (χ2v) is 13.7. The maximum atomic E-state index is 10.4. The standard InChI is InChI=1S/C34H74N2O5/c1-7-9-11-13-15-17-19-21-23-35(3,4)29-33(37)31-40-27-25-39-26-28-41-32-34(38)30-36(5,6)24-22-20-18-16-14-12-10-8-2/h33-34,37-38H,7-32H2,1-6H3/q+2. The Kier molecular flexibility index (Phi) is 27.1. The van der Waals surface area contributed by atoms with E-state index in [9.17, 15) is 10.2 Å². The third kappa shape index (κ3) is 29.6. The van der Waals surface area contributed by atoms with Crippen molar-refractivity contribution in [3.8, 4) is 0 Å². The normalized spacial score (nSPS) is 14.0. The summed E-state index contributed by atoms with van der Waals surface area (Å²) in [6, 6.07) is 0. The van der Waals surface area contributed by atoms with Crippen LogP contribution < -0.4 is 0 Å². The minimum atomic E-state index is -0.456. The Bertz CT molecular complexity index is 501. The number of likely N-dealkylation sites (N-methyl/N-ethyl adjacent to an activating group) is 2. The highest BCUT2D eigenvalue weighted by atomic mass is 16.5. The SMILES string of the molecule is CCCCCCCCCC[N+](C)(C)CC(O)COCCOCCOCC(O)C[N+](C)(C)CCCCCCCCCC. The molecule has 0 amide bonds. The lowest BCUT2D eigenvalue weighted by molar-refractivity contribution is -0.893. The van der Waals surface area contributed by atoms with Gasteiger partial charge in [-0.1, -0.05) is 90.9 Å². The summed E-state index contributed by atoms with van der Waals surface area (Å²) in [6.07, 6.45) is 20.3. The van der Waals surface area contributed by atoms with Crippen molar-refractivity contribution < 1.29 is 33.4 Å². The number of aliphatic hydroxyl groups excluding tert-OH is 2. The first-order valence-electron chi connectivity index (χ1n) is 17.3. The number of ether oxygens (including phenoxy) is 3. The highest BCUT2D eigenvalue weighted by molar-refractivity contribution is 4.55. The van der Waals surface area contributed by atoms with Gasteiger partial charge in [0.15, 0.2) is 0 Å². The fraction of sp³-hybridized carbons (Fsp3) is 1.00. The molecule has 0 aliphatic carbocycles. The summed E-state index contributed by atoms with van der Waals surface area (Å²) in [5.41, 5.74) is 0. The van der Waals surface area contributed by atoms with E-state index in [1.165, 1.54) is 103 Å². The highest BCUT2D eigenvalue weighted by Crippen LogP contribution is 2.12. The van der Waals surface area contributed by atoms with Crippen LogP contribution in [-0.2, 0) is 14.2 Å². The fourth-order valence-electron chi connectivity index (χ4n) is 5.55. The zero-order valence-electron chi connectivity index (χ0n) is 28.6. The van der Waals surface area contributed by atoms with Crippen LogP contribution in [0.25, 0.3) is 0 Å². The number of rotatable bonds is 32. The number of nitrogens with zero attached hydrogens (tertiary/aromatic N) is 2. The molecule has 0 saturated heterocycles. The molecule has 0 heterocycles. The summed E-state index contributed by atoms with van der Waals surface area (Å²) in [5, 5.41) is 20.8. The predicted molar refractivity (Wildman–Crippen MR) is 173 cm³/mol. The maximum Gasteiger partial charge on any atom is 0.126 e. The second-order valence-electron chi connectivity index (χ2n) is 13.7. The van der Waals surface area contributed by atoms with E-state index in [0.717, 1.165) is 22.1 Å². The van der Waals surface area contributed by atoms with Crippen LogP contribution in [0.4, 0.5) is 0 Å². The molecule has 2 atom stereocenters. The van der Waals surface area contributed by atoms with Crippen LogP contribution in [0.15, 0.2) is 0 Å². The van der Waals surface area contributed by atoms with E-state index >= 15 is 0 Å². The zero-order chi connectivity index (χ0) is 30.7. The van der Waals surface area contributed by atoms with Gasteiger partial charge < -0.3 is 33.4 Å². The largest absolute Gasteiger partial charge is 0.385 e. The molecular weight excluding hydrogens is 516 g/mol. The van der Waals surface area contributed by atoms with Crippen LogP contribution in [0.2, 0.25) is 0 Å². The minimum Gasteiger partial charge on any atom is -0.385 e. The summed E-state index contributed by atoms with van der Waals surface area (Å²) in [4.78, 5) is 0. The van der Waals surface area contributed by atoms with Gasteiger partial charge in [-0.2, -0.15) is 0 Å². The van der Waals surface area contributed by atoms with Gasteiger partial charge >= 0.3 is 0 Å². The molecule has 0 bridgehead atoms. The van der Waals surface area contributed by atoms with Gasteiger partial charge in [-0.25, -0.2) is 0 Å². The van der Waals surface area contributed by atoms with E-state index in [1.54, 1.807) is 0 Å². The predicted octanol–water partition coefficient (Wildman–Crippen LogP) is 6.19. The summed E-state index contributed by atoms with van der Waals surface area (Å²) in [5.74, 6) is 0. The minimum absolute atomic E-state index is 0.345. The van der Waals surface area contributed by atoms with E-state index in [0.29, 0.717) is 52.7 Å². The van der Waals surface area contributed by atoms with E-state index in [-0.39, 0.29) is 0 Å². The molecule has 0 aliphatic heterocycles. The lowest BCUT2D eigenvalue weighted by atomic mass is 10.1. The summed E-state index contributed by atoms with van der Waals surface area (Å²) >= 11 is 0. The molecule has 7 heteroatoms. The van der Waals surface area contributed by atoms with Gasteiger partial charge in [0.05, 0.1) is 80.9 Å². The molecule has 7 nitrogen and oxygen atoms in total. The number of aliphatic hydroxyl groups is 2. The molecule has 2 unspecified atom stereocenters. The first-order valence-corrected chi connectivity index (χ1v) is 17.3. The lowest BCUT2D eigenvalue weighted by Crippen LogP contribution is -2.47. The lowest BCUT2D eigenvalue weighted by Gasteiger charge is -2.32. The monoisotopic (exact) mass is 591 g/mol. The number of hydrogen-bond acceptors (Lipinski definition) is 5. The smallest absolute Gasteiger partial charge is 0.126 e. The molecule has 0 saturated carbocycles. The van der Waals surface area contributed by atoms with E-state index in [1.807, 2.05) is 0 Å². The number of unbranched alkanes of at least 4 members (excludes halogenated alkanes) is 14. The van der Waals surface area contributed by atoms with Gasteiger partial charge in [-0.15, -0.1) is 0 Å². The molecule has 0 aromatic rings. The van der Waals surface area contributed by atoms with Crippen molar-refractivity contribution in [2.75, 3.05) is 94.0 Å². The Balaban J connectivity index is 3.64. The highest BCUT2D eigenvalue weighted by Gasteiger charge is 2.21. The summed E-state index contributed by atoms with van der Waals surface area (Å²) < 4.78 is 18.5. The number of quaternary nitrogens is 2. The molecule has 0 aliphatic rings. The Morgan fingerprint density at radius 3 is 1.07 bits per heavy atom. The van der Waals surface area contributed by atoms with Gasteiger partial charge in [0, 0.05) is 0 Å². The molecule has 0 fully saturated rings. The van der Waals surface area contributed by atoms with Crippen LogP contribution in [0.5, 0.6) is 0 Å². The van der Waals surface area contributed by atoms with Crippen LogP contribution in [-0.4, -0.2) is 125 Å². The molecule has 0 radical (unpaired) electrons.